The molecule has 1 aliphatic rings. The average molecular weight is 261 g/mol. The summed E-state index contributed by atoms with van der Waals surface area (Å²) in [4.78, 5) is 18.1. The molecule has 19 heavy (non-hydrogen) atoms. The van der Waals surface area contributed by atoms with Crippen LogP contribution in [0.4, 0.5) is 5.82 Å². The van der Waals surface area contributed by atoms with Gasteiger partial charge in [-0.05, 0) is 32.3 Å². The van der Waals surface area contributed by atoms with Gasteiger partial charge in [-0.3, -0.25) is 4.79 Å². The van der Waals surface area contributed by atoms with Crippen molar-refractivity contribution in [2.45, 2.75) is 52.1 Å². The van der Waals surface area contributed by atoms with Crippen LogP contribution in [-0.2, 0) is 4.79 Å². The second-order valence-corrected chi connectivity index (χ2v) is 5.27. The molecule has 1 aromatic rings. The van der Waals surface area contributed by atoms with Crippen LogP contribution in [0.3, 0.4) is 0 Å². The Labute approximate surface area is 115 Å². The van der Waals surface area contributed by atoms with E-state index in [9.17, 15) is 4.79 Å². The molecule has 0 radical (unpaired) electrons. The van der Waals surface area contributed by atoms with Crippen LogP contribution < -0.4 is 5.32 Å². The quantitative estimate of drug-likeness (QED) is 0.906. The van der Waals surface area contributed by atoms with Crippen LogP contribution in [-0.4, -0.2) is 28.4 Å². The van der Waals surface area contributed by atoms with Crippen molar-refractivity contribution in [1.29, 1.82) is 0 Å². The highest BCUT2D eigenvalue weighted by molar-refractivity contribution is 5.74. The topological polar surface area (TPSA) is 45.2 Å². The van der Waals surface area contributed by atoms with Crippen molar-refractivity contribution in [2.24, 2.45) is 0 Å². The van der Waals surface area contributed by atoms with E-state index < -0.39 is 0 Å². The van der Waals surface area contributed by atoms with Crippen LogP contribution in [0, 0.1) is 0 Å². The lowest BCUT2D eigenvalue weighted by molar-refractivity contribution is -0.129. The lowest BCUT2D eigenvalue weighted by Gasteiger charge is -2.26. The molecule has 2 atom stereocenters. The van der Waals surface area contributed by atoms with Crippen molar-refractivity contribution in [3.63, 3.8) is 0 Å². The lowest BCUT2D eigenvalue weighted by Crippen LogP contribution is -2.29. The van der Waals surface area contributed by atoms with Crippen LogP contribution in [0.5, 0.6) is 0 Å². The number of pyridine rings is 1. The molecule has 1 saturated heterocycles. The summed E-state index contributed by atoms with van der Waals surface area (Å²) in [5.41, 5.74) is 1.15. The number of anilines is 1. The number of carbonyl (C=O) groups excluding carboxylic acids is 1. The zero-order valence-corrected chi connectivity index (χ0v) is 12.0. The maximum absolute atomic E-state index is 11.7. The van der Waals surface area contributed by atoms with Crippen molar-refractivity contribution in [3.8, 4) is 0 Å². The van der Waals surface area contributed by atoms with Gasteiger partial charge in [0.15, 0.2) is 0 Å². The monoisotopic (exact) mass is 261 g/mol. The molecular weight excluding hydrogens is 238 g/mol. The highest BCUT2D eigenvalue weighted by Crippen LogP contribution is 2.35. The van der Waals surface area contributed by atoms with E-state index in [1.54, 1.807) is 13.1 Å². The SMILES string of the molecule is CC[C@@H](C)Nc1ncccc1[C@@H]1CCCN1C(C)=O. The van der Waals surface area contributed by atoms with Crippen molar-refractivity contribution < 1.29 is 4.79 Å². The number of aromatic nitrogens is 1. The van der Waals surface area contributed by atoms with Gasteiger partial charge in [0.2, 0.25) is 5.91 Å². The molecule has 2 rings (SSSR count). The number of nitrogens with one attached hydrogen (secondary N) is 1. The summed E-state index contributed by atoms with van der Waals surface area (Å²) < 4.78 is 0. The third kappa shape index (κ3) is 3.06. The summed E-state index contributed by atoms with van der Waals surface area (Å²) in [5, 5.41) is 3.45. The molecule has 0 saturated carbocycles. The molecule has 1 aromatic heterocycles. The standard InChI is InChI=1S/C15H23N3O/c1-4-11(2)17-15-13(7-5-9-16-15)14-8-6-10-18(14)12(3)19/h5,7,9,11,14H,4,6,8,10H2,1-3H3,(H,16,17)/t11-,14+/m1/s1. The van der Waals surface area contributed by atoms with Crippen LogP contribution in [0.25, 0.3) is 0 Å². The van der Waals surface area contributed by atoms with Gasteiger partial charge in [0, 0.05) is 31.3 Å². The summed E-state index contributed by atoms with van der Waals surface area (Å²) in [6.45, 7) is 6.81. The predicted octanol–water partition coefficient (Wildman–Crippen LogP) is 2.98. The number of hydrogen-bond donors (Lipinski definition) is 1. The first kappa shape index (κ1) is 13.8. The van der Waals surface area contributed by atoms with Crippen molar-refractivity contribution in [1.82, 2.24) is 9.88 Å². The Morgan fingerprint density at radius 3 is 3.11 bits per heavy atom. The number of likely N-dealkylation sites (tertiary alicyclic amines) is 1. The van der Waals surface area contributed by atoms with Crippen LogP contribution in [0.1, 0.15) is 51.6 Å². The molecule has 4 nitrogen and oxygen atoms in total. The van der Waals surface area contributed by atoms with Gasteiger partial charge in [-0.1, -0.05) is 13.0 Å². The minimum Gasteiger partial charge on any atom is -0.367 e. The summed E-state index contributed by atoms with van der Waals surface area (Å²) in [6, 6.07) is 4.61. The Kier molecular flexibility index (Phi) is 4.40. The second-order valence-electron chi connectivity index (χ2n) is 5.27. The zero-order chi connectivity index (χ0) is 13.8. The number of carbonyl (C=O) groups is 1. The van der Waals surface area contributed by atoms with Gasteiger partial charge >= 0.3 is 0 Å². The summed E-state index contributed by atoms with van der Waals surface area (Å²) >= 11 is 0. The average Bonchev–Trinajstić information content (AvgIpc) is 2.88. The van der Waals surface area contributed by atoms with Crippen LogP contribution in [0.15, 0.2) is 18.3 Å². The summed E-state index contributed by atoms with van der Waals surface area (Å²) in [6.07, 6.45) is 4.96. The first-order valence-corrected chi connectivity index (χ1v) is 7.12. The number of hydrogen-bond acceptors (Lipinski definition) is 3. The second kappa shape index (κ2) is 6.04. The van der Waals surface area contributed by atoms with Gasteiger partial charge < -0.3 is 10.2 Å². The minimum atomic E-state index is 0.154. The number of rotatable bonds is 4. The molecule has 0 aliphatic carbocycles. The molecule has 4 heteroatoms. The molecule has 0 unspecified atom stereocenters. The highest BCUT2D eigenvalue weighted by Gasteiger charge is 2.29. The fourth-order valence-electron chi connectivity index (χ4n) is 2.61. The maximum Gasteiger partial charge on any atom is 0.219 e. The van der Waals surface area contributed by atoms with Crippen LogP contribution >= 0.6 is 0 Å². The third-order valence-electron chi connectivity index (χ3n) is 3.85. The van der Waals surface area contributed by atoms with Crippen LogP contribution in [0.2, 0.25) is 0 Å². The van der Waals surface area contributed by atoms with E-state index in [0.29, 0.717) is 6.04 Å². The van der Waals surface area contributed by atoms with Gasteiger partial charge in [0.05, 0.1) is 6.04 Å². The van der Waals surface area contributed by atoms with E-state index in [4.69, 9.17) is 0 Å². The Bertz CT molecular complexity index is 447. The van der Waals surface area contributed by atoms with Crippen molar-refractivity contribution in [3.05, 3.63) is 23.9 Å². The van der Waals surface area contributed by atoms with Gasteiger partial charge in [-0.2, -0.15) is 0 Å². The smallest absolute Gasteiger partial charge is 0.219 e. The van der Waals surface area contributed by atoms with Gasteiger partial charge in [-0.25, -0.2) is 4.98 Å². The molecule has 1 fully saturated rings. The molecule has 0 aromatic carbocycles. The molecule has 0 bridgehead atoms. The number of nitrogens with zero attached hydrogens (tertiary/aromatic N) is 2. The van der Waals surface area contributed by atoms with E-state index in [2.05, 4.69) is 30.2 Å². The molecule has 0 spiro atoms. The van der Waals surface area contributed by atoms with E-state index >= 15 is 0 Å². The summed E-state index contributed by atoms with van der Waals surface area (Å²) in [7, 11) is 0. The summed E-state index contributed by atoms with van der Waals surface area (Å²) in [5.74, 6) is 1.08. The Morgan fingerprint density at radius 1 is 1.63 bits per heavy atom. The van der Waals surface area contributed by atoms with Gasteiger partial charge in [-0.15, -0.1) is 0 Å². The lowest BCUT2D eigenvalue weighted by atomic mass is 10.0. The van der Waals surface area contributed by atoms with Gasteiger partial charge in [0.1, 0.15) is 5.82 Å². The molecule has 1 N–H and O–H groups in total. The maximum atomic E-state index is 11.7. The predicted molar refractivity (Wildman–Crippen MR) is 77.0 cm³/mol. The minimum absolute atomic E-state index is 0.154. The number of amides is 1. The Balaban J connectivity index is 2.26. The fraction of sp³-hybridized carbons (Fsp3) is 0.600. The molecule has 2 heterocycles. The molecular formula is C15H23N3O. The Hall–Kier alpha value is -1.58. The zero-order valence-electron chi connectivity index (χ0n) is 12.0. The Morgan fingerprint density at radius 2 is 2.42 bits per heavy atom. The van der Waals surface area contributed by atoms with E-state index in [1.807, 2.05) is 11.0 Å². The van der Waals surface area contributed by atoms with Crippen molar-refractivity contribution in [2.75, 3.05) is 11.9 Å². The van der Waals surface area contributed by atoms with E-state index in [0.717, 1.165) is 37.2 Å². The fourth-order valence-corrected chi connectivity index (χ4v) is 2.61. The largest absolute Gasteiger partial charge is 0.367 e. The first-order chi connectivity index (χ1) is 9.13. The molecule has 1 amide bonds. The molecule has 1 aliphatic heterocycles. The highest BCUT2D eigenvalue weighted by atomic mass is 16.2. The first-order valence-electron chi connectivity index (χ1n) is 7.12. The third-order valence-corrected chi connectivity index (χ3v) is 3.85. The van der Waals surface area contributed by atoms with E-state index in [-0.39, 0.29) is 11.9 Å². The van der Waals surface area contributed by atoms with Crippen molar-refractivity contribution >= 4 is 11.7 Å². The van der Waals surface area contributed by atoms with Gasteiger partial charge in [0.25, 0.3) is 0 Å². The molecule has 104 valence electrons. The van der Waals surface area contributed by atoms with E-state index in [1.165, 1.54) is 0 Å². The normalized spacial score (nSPS) is 20.4.